The van der Waals surface area contributed by atoms with Gasteiger partial charge in [0, 0.05) is 16.4 Å². The van der Waals surface area contributed by atoms with Gasteiger partial charge in [0.2, 0.25) is 5.91 Å². The lowest BCUT2D eigenvalue weighted by atomic mass is 9.87. The van der Waals surface area contributed by atoms with E-state index in [9.17, 15) is 9.59 Å². The summed E-state index contributed by atoms with van der Waals surface area (Å²) in [5.41, 5.74) is 2.73. The average molecular weight is 423 g/mol. The molecule has 1 atom stereocenters. The molecule has 142 valence electrons. The van der Waals surface area contributed by atoms with Crippen LogP contribution in [0.5, 0.6) is 0 Å². The number of fused-ring (bicyclic) bond motifs is 1. The fraction of sp³-hybridized carbons (Fsp3) is 0.600. The highest BCUT2D eigenvalue weighted by Crippen LogP contribution is 2.25. The van der Waals surface area contributed by atoms with E-state index in [2.05, 4.69) is 44.3 Å². The summed E-state index contributed by atoms with van der Waals surface area (Å²) in [5, 5.41) is 3.26. The molecule has 0 spiro atoms. The second kappa shape index (κ2) is 9.00. The number of benzene rings is 1. The highest BCUT2D eigenvalue weighted by Gasteiger charge is 2.28. The summed E-state index contributed by atoms with van der Waals surface area (Å²) in [6.07, 6.45) is 4.54. The van der Waals surface area contributed by atoms with Crippen LogP contribution < -0.4 is 5.32 Å². The number of hydrogen-bond acceptors (Lipinski definition) is 4. The molecule has 1 saturated heterocycles. The van der Waals surface area contributed by atoms with Crippen molar-refractivity contribution in [3.63, 3.8) is 0 Å². The number of nitrogens with zero attached hydrogens (tertiary/aromatic N) is 1. The van der Waals surface area contributed by atoms with Crippen LogP contribution in [0.25, 0.3) is 0 Å². The van der Waals surface area contributed by atoms with Crippen molar-refractivity contribution in [2.24, 2.45) is 5.92 Å². The molecule has 0 bridgehead atoms. The van der Waals surface area contributed by atoms with Gasteiger partial charge in [-0.05, 0) is 75.4 Å². The monoisotopic (exact) mass is 422 g/mol. The minimum Gasteiger partial charge on any atom is -0.465 e. The van der Waals surface area contributed by atoms with Gasteiger partial charge in [-0.25, -0.2) is 0 Å². The van der Waals surface area contributed by atoms with Crippen molar-refractivity contribution >= 4 is 27.8 Å². The zero-order valence-electron chi connectivity index (χ0n) is 15.3. The fourth-order valence-corrected chi connectivity index (χ4v) is 4.32. The Labute approximate surface area is 163 Å². The third-order valence-corrected chi connectivity index (χ3v) is 5.85. The summed E-state index contributed by atoms with van der Waals surface area (Å²) in [6.45, 7) is 4.12. The zero-order chi connectivity index (χ0) is 18.5. The largest absolute Gasteiger partial charge is 0.465 e. The number of amides is 1. The molecule has 1 N–H and O–H groups in total. The minimum atomic E-state index is -0.178. The van der Waals surface area contributed by atoms with Crippen LogP contribution in [0.2, 0.25) is 0 Å². The minimum absolute atomic E-state index is 0.0553. The predicted octanol–water partition coefficient (Wildman–Crippen LogP) is 2.70. The maximum Gasteiger partial charge on any atom is 0.320 e. The molecular weight excluding hydrogens is 396 g/mol. The smallest absolute Gasteiger partial charge is 0.320 e. The lowest BCUT2D eigenvalue weighted by molar-refractivity contribution is -0.144. The van der Waals surface area contributed by atoms with E-state index >= 15 is 0 Å². The fourth-order valence-electron chi connectivity index (χ4n) is 3.91. The highest BCUT2D eigenvalue weighted by atomic mass is 79.9. The molecule has 1 aromatic rings. The number of aryl methyl sites for hydroxylation is 1. The molecule has 6 heteroatoms. The standard InChI is InChI=1S/C20H27BrN2O3/c1-2-26-19(24)13-23-9-7-14(8-10-23)20(25)22-18-6-4-15-11-17(21)5-3-16(15)12-18/h3,5,11,14,18H,2,4,6-10,12-13H2,1H3,(H,22,25). The number of nitrogens with one attached hydrogen (secondary N) is 1. The van der Waals surface area contributed by atoms with E-state index in [4.69, 9.17) is 4.74 Å². The second-order valence-corrected chi connectivity index (χ2v) is 8.13. The van der Waals surface area contributed by atoms with Crippen LogP contribution in [0, 0.1) is 5.92 Å². The van der Waals surface area contributed by atoms with Gasteiger partial charge < -0.3 is 10.1 Å². The number of hydrogen-bond donors (Lipinski definition) is 1. The Morgan fingerprint density at radius 2 is 2.00 bits per heavy atom. The van der Waals surface area contributed by atoms with Crippen molar-refractivity contribution < 1.29 is 14.3 Å². The van der Waals surface area contributed by atoms with Crippen molar-refractivity contribution in [1.82, 2.24) is 10.2 Å². The topological polar surface area (TPSA) is 58.6 Å². The first-order chi connectivity index (χ1) is 12.5. The van der Waals surface area contributed by atoms with Crippen molar-refractivity contribution in [2.75, 3.05) is 26.2 Å². The summed E-state index contributed by atoms with van der Waals surface area (Å²) in [5.74, 6) is 0.0500. The van der Waals surface area contributed by atoms with Crippen LogP contribution in [0.1, 0.15) is 37.3 Å². The third-order valence-electron chi connectivity index (χ3n) is 5.36. The van der Waals surface area contributed by atoms with E-state index in [0.29, 0.717) is 13.2 Å². The Balaban J connectivity index is 1.45. The van der Waals surface area contributed by atoms with Gasteiger partial charge in [-0.1, -0.05) is 22.0 Å². The molecule has 1 fully saturated rings. The zero-order valence-corrected chi connectivity index (χ0v) is 16.9. The van der Waals surface area contributed by atoms with Gasteiger partial charge in [0.1, 0.15) is 0 Å². The van der Waals surface area contributed by atoms with Crippen LogP contribution in [-0.2, 0) is 27.2 Å². The molecule has 0 aromatic heterocycles. The van der Waals surface area contributed by atoms with E-state index in [1.54, 1.807) is 0 Å². The molecule has 1 aromatic carbocycles. The maximum atomic E-state index is 12.6. The van der Waals surface area contributed by atoms with Crippen LogP contribution >= 0.6 is 15.9 Å². The summed E-state index contributed by atoms with van der Waals surface area (Å²) in [6, 6.07) is 6.65. The van der Waals surface area contributed by atoms with Crippen molar-refractivity contribution in [3.05, 3.63) is 33.8 Å². The number of esters is 1. The Bertz CT molecular complexity index is 656. The number of rotatable bonds is 5. The molecule has 5 nitrogen and oxygen atoms in total. The lowest BCUT2D eigenvalue weighted by Gasteiger charge is -2.32. The molecule has 1 heterocycles. The van der Waals surface area contributed by atoms with E-state index in [1.807, 2.05) is 6.92 Å². The quantitative estimate of drug-likeness (QED) is 0.740. The summed E-state index contributed by atoms with van der Waals surface area (Å²) >= 11 is 3.52. The number of carbonyl (C=O) groups is 2. The predicted molar refractivity (Wildman–Crippen MR) is 104 cm³/mol. The Kier molecular flexibility index (Phi) is 6.70. The van der Waals surface area contributed by atoms with E-state index in [1.165, 1.54) is 11.1 Å². The molecule has 2 aliphatic rings. The van der Waals surface area contributed by atoms with Gasteiger partial charge >= 0.3 is 5.97 Å². The van der Waals surface area contributed by atoms with Crippen LogP contribution in [0.15, 0.2) is 22.7 Å². The first kappa shape index (κ1) is 19.4. The van der Waals surface area contributed by atoms with Crippen LogP contribution in [0.4, 0.5) is 0 Å². The highest BCUT2D eigenvalue weighted by molar-refractivity contribution is 9.10. The third kappa shape index (κ3) is 5.07. The van der Waals surface area contributed by atoms with Gasteiger partial charge in [0.15, 0.2) is 0 Å². The molecule has 3 rings (SSSR count). The van der Waals surface area contributed by atoms with Gasteiger partial charge in [0.25, 0.3) is 0 Å². The SMILES string of the molecule is CCOC(=O)CN1CCC(C(=O)NC2CCc3cc(Br)ccc3C2)CC1. The Morgan fingerprint density at radius 3 is 2.73 bits per heavy atom. The van der Waals surface area contributed by atoms with Crippen LogP contribution in [-0.4, -0.2) is 49.1 Å². The number of carbonyl (C=O) groups excluding carboxylic acids is 2. The summed E-state index contributed by atoms with van der Waals surface area (Å²) in [4.78, 5) is 26.3. The first-order valence-corrected chi connectivity index (χ1v) is 10.3. The Morgan fingerprint density at radius 1 is 1.23 bits per heavy atom. The first-order valence-electron chi connectivity index (χ1n) is 9.50. The van der Waals surface area contributed by atoms with E-state index < -0.39 is 0 Å². The van der Waals surface area contributed by atoms with E-state index in [0.717, 1.165) is 49.7 Å². The molecule has 0 saturated carbocycles. The normalized spacial score (nSPS) is 21.1. The van der Waals surface area contributed by atoms with Crippen molar-refractivity contribution in [2.45, 2.75) is 45.1 Å². The van der Waals surface area contributed by atoms with Gasteiger partial charge in [-0.2, -0.15) is 0 Å². The summed E-state index contributed by atoms with van der Waals surface area (Å²) in [7, 11) is 0. The second-order valence-electron chi connectivity index (χ2n) is 7.22. The molecule has 26 heavy (non-hydrogen) atoms. The molecular formula is C20H27BrN2O3. The van der Waals surface area contributed by atoms with E-state index in [-0.39, 0.29) is 23.8 Å². The van der Waals surface area contributed by atoms with Crippen molar-refractivity contribution in [3.8, 4) is 0 Å². The molecule has 1 unspecified atom stereocenters. The van der Waals surface area contributed by atoms with Crippen molar-refractivity contribution in [1.29, 1.82) is 0 Å². The van der Waals surface area contributed by atoms with Gasteiger partial charge in [-0.3, -0.25) is 14.5 Å². The van der Waals surface area contributed by atoms with Gasteiger partial charge in [-0.15, -0.1) is 0 Å². The number of piperidine rings is 1. The summed E-state index contributed by atoms with van der Waals surface area (Å²) < 4.78 is 6.11. The Hall–Kier alpha value is -1.40. The van der Waals surface area contributed by atoms with Crippen LogP contribution in [0.3, 0.4) is 0 Å². The number of likely N-dealkylation sites (tertiary alicyclic amines) is 1. The molecule has 0 radical (unpaired) electrons. The number of ether oxygens (including phenoxy) is 1. The lowest BCUT2D eigenvalue weighted by Crippen LogP contribution is -2.46. The van der Waals surface area contributed by atoms with Gasteiger partial charge in [0.05, 0.1) is 13.2 Å². The molecule has 1 amide bonds. The molecule has 1 aliphatic heterocycles. The number of halogens is 1. The maximum absolute atomic E-state index is 12.6. The molecule has 1 aliphatic carbocycles. The average Bonchev–Trinajstić information content (AvgIpc) is 2.62.